The van der Waals surface area contributed by atoms with Crippen molar-refractivity contribution in [3.63, 3.8) is 0 Å². The summed E-state index contributed by atoms with van der Waals surface area (Å²) in [6.07, 6.45) is 10.0. The van der Waals surface area contributed by atoms with Crippen LogP contribution in [-0.2, 0) is 4.74 Å². The molecule has 112 valence electrons. The number of likely N-dealkylation sites (N-methyl/N-ethyl adjacent to an activating group) is 1. The molecule has 4 unspecified atom stereocenters. The van der Waals surface area contributed by atoms with E-state index in [9.17, 15) is 0 Å². The Morgan fingerprint density at radius 3 is 2.47 bits per heavy atom. The van der Waals surface area contributed by atoms with Crippen LogP contribution in [0.25, 0.3) is 0 Å². The van der Waals surface area contributed by atoms with Crippen LogP contribution >= 0.6 is 0 Å². The number of methoxy groups -OCH3 is 1. The van der Waals surface area contributed by atoms with E-state index >= 15 is 0 Å². The van der Waals surface area contributed by atoms with Gasteiger partial charge in [-0.15, -0.1) is 0 Å². The molecule has 0 amide bonds. The van der Waals surface area contributed by atoms with Crippen LogP contribution < -0.4 is 5.32 Å². The molecule has 2 aliphatic rings. The zero-order valence-electron chi connectivity index (χ0n) is 13.0. The van der Waals surface area contributed by atoms with Gasteiger partial charge in [-0.05, 0) is 38.8 Å². The van der Waals surface area contributed by atoms with Crippen LogP contribution in [0.15, 0.2) is 0 Å². The van der Waals surface area contributed by atoms with Gasteiger partial charge in [0.15, 0.2) is 0 Å². The lowest BCUT2D eigenvalue weighted by molar-refractivity contribution is -0.0271. The van der Waals surface area contributed by atoms with Gasteiger partial charge in [0.2, 0.25) is 0 Å². The van der Waals surface area contributed by atoms with Gasteiger partial charge in [-0.3, -0.25) is 4.90 Å². The number of piperidine rings is 1. The molecule has 0 aromatic carbocycles. The highest BCUT2D eigenvalue weighted by atomic mass is 16.5. The minimum atomic E-state index is 0.427. The average molecular weight is 268 g/mol. The van der Waals surface area contributed by atoms with E-state index in [2.05, 4.69) is 24.2 Å². The molecule has 1 heterocycles. The normalized spacial score (nSPS) is 38.7. The highest BCUT2D eigenvalue weighted by molar-refractivity contribution is 4.90. The third-order valence-corrected chi connectivity index (χ3v) is 5.29. The SMILES string of the molecule is CNC1CCCCCCC1N1CCC(C)C(OC)C1. The van der Waals surface area contributed by atoms with E-state index in [-0.39, 0.29) is 0 Å². The Morgan fingerprint density at radius 1 is 1.05 bits per heavy atom. The molecule has 2 rings (SSSR count). The number of rotatable bonds is 3. The quantitative estimate of drug-likeness (QED) is 0.851. The first-order valence-corrected chi connectivity index (χ1v) is 8.20. The Kier molecular flexibility index (Phi) is 6.11. The highest BCUT2D eigenvalue weighted by Crippen LogP contribution is 2.27. The molecule has 0 aromatic heterocycles. The van der Waals surface area contributed by atoms with E-state index in [0.717, 1.165) is 12.6 Å². The van der Waals surface area contributed by atoms with Crippen molar-refractivity contribution in [2.24, 2.45) is 5.92 Å². The summed E-state index contributed by atoms with van der Waals surface area (Å²) < 4.78 is 5.69. The molecule has 0 radical (unpaired) electrons. The maximum Gasteiger partial charge on any atom is 0.0724 e. The van der Waals surface area contributed by atoms with Gasteiger partial charge in [0.25, 0.3) is 0 Å². The average Bonchev–Trinajstić information content (AvgIpc) is 2.40. The van der Waals surface area contributed by atoms with E-state index < -0.39 is 0 Å². The molecular weight excluding hydrogens is 236 g/mol. The number of nitrogens with one attached hydrogen (secondary N) is 1. The van der Waals surface area contributed by atoms with Crippen LogP contribution in [0.2, 0.25) is 0 Å². The number of nitrogens with zero attached hydrogens (tertiary/aromatic N) is 1. The summed E-state index contributed by atoms with van der Waals surface area (Å²) in [6, 6.07) is 1.39. The monoisotopic (exact) mass is 268 g/mol. The molecule has 1 saturated heterocycles. The van der Waals surface area contributed by atoms with Crippen LogP contribution in [0.4, 0.5) is 0 Å². The second kappa shape index (κ2) is 7.61. The van der Waals surface area contributed by atoms with E-state index in [1.54, 1.807) is 0 Å². The number of ether oxygens (including phenoxy) is 1. The molecule has 1 saturated carbocycles. The van der Waals surface area contributed by atoms with Gasteiger partial charge in [0, 0.05) is 25.7 Å². The molecule has 1 aliphatic heterocycles. The zero-order valence-corrected chi connectivity index (χ0v) is 13.0. The summed E-state index contributed by atoms with van der Waals surface area (Å²) in [7, 11) is 4.01. The van der Waals surface area contributed by atoms with Gasteiger partial charge >= 0.3 is 0 Å². The smallest absolute Gasteiger partial charge is 0.0724 e. The molecular formula is C16H32N2O. The summed E-state index contributed by atoms with van der Waals surface area (Å²) in [5, 5.41) is 3.58. The van der Waals surface area contributed by atoms with Crippen LogP contribution in [0, 0.1) is 5.92 Å². The Bertz CT molecular complexity index is 259. The molecule has 3 heteroatoms. The molecule has 1 N–H and O–H groups in total. The van der Waals surface area contributed by atoms with Crippen LogP contribution in [0.1, 0.15) is 51.9 Å². The molecule has 1 aliphatic carbocycles. The molecule has 0 spiro atoms. The lowest BCUT2D eigenvalue weighted by Gasteiger charge is -2.44. The zero-order chi connectivity index (χ0) is 13.7. The third-order valence-electron chi connectivity index (χ3n) is 5.29. The summed E-state index contributed by atoms with van der Waals surface area (Å²) in [6.45, 7) is 4.71. The van der Waals surface area contributed by atoms with Crippen molar-refractivity contribution in [2.75, 3.05) is 27.2 Å². The van der Waals surface area contributed by atoms with Crippen molar-refractivity contribution >= 4 is 0 Å². The number of hydrogen-bond donors (Lipinski definition) is 1. The van der Waals surface area contributed by atoms with Crippen LogP contribution in [0.5, 0.6) is 0 Å². The van der Waals surface area contributed by atoms with Gasteiger partial charge in [-0.2, -0.15) is 0 Å². The largest absolute Gasteiger partial charge is 0.380 e. The minimum absolute atomic E-state index is 0.427. The van der Waals surface area contributed by atoms with E-state index in [1.165, 1.54) is 51.5 Å². The van der Waals surface area contributed by atoms with E-state index in [4.69, 9.17) is 4.74 Å². The van der Waals surface area contributed by atoms with Crippen LogP contribution in [-0.4, -0.2) is 50.3 Å². The van der Waals surface area contributed by atoms with Crippen LogP contribution in [0.3, 0.4) is 0 Å². The number of likely N-dealkylation sites (tertiary alicyclic amines) is 1. The standard InChI is InChI=1S/C16H32N2O/c1-13-10-11-18(12-16(13)19-3)15-9-7-5-4-6-8-14(15)17-2/h13-17H,4-12H2,1-3H3. The Balaban J connectivity index is 1.99. The summed E-state index contributed by atoms with van der Waals surface area (Å²) in [4.78, 5) is 2.71. The fourth-order valence-corrected chi connectivity index (χ4v) is 3.90. The van der Waals surface area contributed by atoms with Crippen molar-refractivity contribution < 1.29 is 4.74 Å². The maximum atomic E-state index is 5.69. The lowest BCUT2D eigenvalue weighted by atomic mass is 9.88. The molecule has 4 atom stereocenters. The second-order valence-electron chi connectivity index (χ2n) is 6.49. The molecule has 0 aromatic rings. The molecule has 19 heavy (non-hydrogen) atoms. The van der Waals surface area contributed by atoms with Gasteiger partial charge < -0.3 is 10.1 Å². The Hall–Kier alpha value is -0.120. The van der Waals surface area contributed by atoms with E-state index in [1.807, 2.05) is 7.11 Å². The first-order valence-electron chi connectivity index (χ1n) is 8.20. The Labute approximate surface area is 119 Å². The second-order valence-corrected chi connectivity index (χ2v) is 6.49. The summed E-state index contributed by atoms with van der Waals surface area (Å²) >= 11 is 0. The maximum absolute atomic E-state index is 5.69. The van der Waals surface area contributed by atoms with Crippen molar-refractivity contribution in [1.29, 1.82) is 0 Å². The molecule has 3 nitrogen and oxygen atoms in total. The van der Waals surface area contributed by atoms with Gasteiger partial charge in [0.05, 0.1) is 6.10 Å². The molecule has 2 fully saturated rings. The predicted molar refractivity (Wildman–Crippen MR) is 80.5 cm³/mol. The minimum Gasteiger partial charge on any atom is -0.380 e. The fraction of sp³-hybridized carbons (Fsp3) is 1.00. The lowest BCUT2D eigenvalue weighted by Crippen LogP contribution is -2.55. The third kappa shape index (κ3) is 3.93. The topological polar surface area (TPSA) is 24.5 Å². The summed E-state index contributed by atoms with van der Waals surface area (Å²) in [5.41, 5.74) is 0. The predicted octanol–water partition coefficient (Wildman–Crippen LogP) is 2.65. The highest BCUT2D eigenvalue weighted by Gasteiger charge is 2.33. The number of hydrogen-bond acceptors (Lipinski definition) is 3. The van der Waals surface area contributed by atoms with Crippen molar-refractivity contribution in [3.05, 3.63) is 0 Å². The first-order chi connectivity index (χ1) is 9.26. The fourth-order valence-electron chi connectivity index (χ4n) is 3.90. The van der Waals surface area contributed by atoms with Gasteiger partial charge in [-0.1, -0.05) is 32.6 Å². The van der Waals surface area contributed by atoms with Crippen molar-refractivity contribution in [3.8, 4) is 0 Å². The summed E-state index contributed by atoms with van der Waals surface area (Å²) in [5.74, 6) is 0.711. The first kappa shape index (κ1) is 15.3. The van der Waals surface area contributed by atoms with Gasteiger partial charge in [0.1, 0.15) is 0 Å². The van der Waals surface area contributed by atoms with Crippen molar-refractivity contribution in [2.45, 2.75) is 70.1 Å². The van der Waals surface area contributed by atoms with E-state index in [0.29, 0.717) is 18.1 Å². The Morgan fingerprint density at radius 2 is 1.79 bits per heavy atom. The molecule has 0 bridgehead atoms. The van der Waals surface area contributed by atoms with Crippen molar-refractivity contribution in [1.82, 2.24) is 10.2 Å². The van der Waals surface area contributed by atoms with Gasteiger partial charge in [-0.25, -0.2) is 0 Å².